The lowest BCUT2D eigenvalue weighted by atomic mass is 10.1. The van der Waals surface area contributed by atoms with E-state index in [1.807, 2.05) is 18.2 Å². The fraction of sp³-hybridized carbons (Fsp3) is 0.417. The Morgan fingerprint density at radius 2 is 1.86 bits per heavy atom. The molecule has 0 aliphatic heterocycles. The van der Waals surface area contributed by atoms with Crippen LogP contribution in [0.3, 0.4) is 0 Å². The van der Waals surface area contributed by atoms with Gasteiger partial charge >= 0.3 is 0 Å². The van der Waals surface area contributed by atoms with Crippen LogP contribution in [0.4, 0.5) is 0 Å². The molecule has 2 heteroatoms. The molecule has 1 aliphatic rings. The van der Waals surface area contributed by atoms with Crippen LogP contribution < -0.4 is 0 Å². The lowest BCUT2D eigenvalue weighted by Crippen LogP contribution is -2.29. The number of fused-ring (bicyclic) bond motifs is 1. The molecule has 1 nitrogen and oxygen atoms in total. The highest BCUT2D eigenvalue weighted by molar-refractivity contribution is 6.78. The molecule has 1 aromatic rings. The average Bonchev–Trinajstić information content (AvgIpc) is 2.44. The van der Waals surface area contributed by atoms with E-state index in [-0.39, 0.29) is 0 Å². The van der Waals surface area contributed by atoms with Gasteiger partial charge in [0.1, 0.15) is 0 Å². The largest absolute Gasteiger partial charge is 0.294 e. The quantitative estimate of drug-likeness (QED) is 0.642. The van der Waals surface area contributed by atoms with Crippen LogP contribution >= 0.6 is 0 Å². The molecule has 0 heterocycles. The first kappa shape index (κ1) is 9.65. The molecule has 0 spiro atoms. The summed E-state index contributed by atoms with van der Waals surface area (Å²) < 4.78 is 0. The second-order valence-corrected chi connectivity index (χ2v) is 10.6. The summed E-state index contributed by atoms with van der Waals surface area (Å²) in [4.78, 5) is 11.7. The van der Waals surface area contributed by atoms with E-state index in [1.165, 1.54) is 5.56 Å². The minimum Gasteiger partial charge on any atom is -0.294 e. The molecule has 1 aromatic carbocycles. The standard InChI is InChI=1S/C12H16OSi/c1-14(2,3)12-8-11(13)9-6-4-5-7-10(9)12/h4-7,12H,8H2,1-3H3. The maximum Gasteiger partial charge on any atom is 0.163 e. The third kappa shape index (κ3) is 1.44. The Hall–Kier alpha value is -0.893. The van der Waals surface area contributed by atoms with Crippen LogP contribution in [0.1, 0.15) is 27.9 Å². The Kier molecular flexibility index (Phi) is 2.11. The van der Waals surface area contributed by atoms with Crippen LogP contribution in [0.2, 0.25) is 19.6 Å². The maximum absolute atomic E-state index is 11.7. The monoisotopic (exact) mass is 204 g/mol. The third-order valence-electron chi connectivity index (χ3n) is 3.07. The Morgan fingerprint density at radius 3 is 2.50 bits per heavy atom. The van der Waals surface area contributed by atoms with Gasteiger partial charge in [0.25, 0.3) is 0 Å². The molecule has 0 N–H and O–H groups in total. The fourth-order valence-corrected chi connectivity index (χ4v) is 4.22. The number of rotatable bonds is 1. The summed E-state index contributed by atoms with van der Waals surface area (Å²) in [5, 5.41) is 0. The van der Waals surface area contributed by atoms with Gasteiger partial charge in [-0.25, -0.2) is 0 Å². The Balaban J connectivity index is 2.50. The first-order valence-electron chi connectivity index (χ1n) is 5.12. The van der Waals surface area contributed by atoms with Crippen LogP contribution in [0.5, 0.6) is 0 Å². The van der Waals surface area contributed by atoms with Crippen molar-refractivity contribution >= 4 is 13.9 Å². The van der Waals surface area contributed by atoms with Gasteiger partial charge in [0.15, 0.2) is 5.78 Å². The SMILES string of the molecule is C[Si](C)(C)C1CC(=O)c2ccccc21. The van der Waals surface area contributed by atoms with Crippen molar-refractivity contribution in [2.75, 3.05) is 0 Å². The zero-order chi connectivity index (χ0) is 10.3. The highest BCUT2D eigenvalue weighted by atomic mass is 28.3. The third-order valence-corrected chi connectivity index (χ3v) is 5.68. The van der Waals surface area contributed by atoms with Crippen molar-refractivity contribution in [3.05, 3.63) is 35.4 Å². The van der Waals surface area contributed by atoms with Gasteiger partial charge in [-0.1, -0.05) is 43.9 Å². The molecule has 0 saturated carbocycles. The number of hydrogen-bond acceptors (Lipinski definition) is 1. The minimum atomic E-state index is -1.24. The second-order valence-electron chi connectivity index (χ2n) is 5.13. The van der Waals surface area contributed by atoms with Crippen LogP contribution in [0, 0.1) is 0 Å². The van der Waals surface area contributed by atoms with E-state index in [2.05, 4.69) is 25.7 Å². The van der Waals surface area contributed by atoms with E-state index in [0.717, 1.165) is 12.0 Å². The summed E-state index contributed by atoms with van der Waals surface area (Å²) in [6.07, 6.45) is 0.745. The van der Waals surface area contributed by atoms with Gasteiger partial charge in [-0.3, -0.25) is 4.79 Å². The lowest BCUT2D eigenvalue weighted by molar-refractivity contribution is 0.0993. The van der Waals surface area contributed by atoms with Crippen LogP contribution in [-0.2, 0) is 0 Å². The molecule has 14 heavy (non-hydrogen) atoms. The molecule has 1 unspecified atom stereocenters. The van der Waals surface area contributed by atoms with Crippen molar-refractivity contribution in [2.45, 2.75) is 31.6 Å². The van der Waals surface area contributed by atoms with Gasteiger partial charge in [-0.05, 0) is 11.1 Å². The molecular weight excluding hydrogens is 188 g/mol. The Bertz CT molecular complexity index is 376. The van der Waals surface area contributed by atoms with Gasteiger partial charge < -0.3 is 0 Å². The van der Waals surface area contributed by atoms with Gasteiger partial charge in [-0.2, -0.15) is 0 Å². The molecule has 0 fully saturated rings. The van der Waals surface area contributed by atoms with Gasteiger partial charge in [0, 0.05) is 12.0 Å². The number of ketones is 1. The van der Waals surface area contributed by atoms with E-state index in [4.69, 9.17) is 0 Å². The highest BCUT2D eigenvalue weighted by Crippen LogP contribution is 2.38. The number of hydrogen-bond donors (Lipinski definition) is 0. The number of carbonyl (C=O) groups excluding carboxylic acids is 1. The van der Waals surface area contributed by atoms with E-state index in [9.17, 15) is 4.79 Å². The first-order chi connectivity index (χ1) is 6.50. The molecule has 2 rings (SSSR count). The first-order valence-corrected chi connectivity index (χ1v) is 8.70. The maximum atomic E-state index is 11.7. The molecule has 1 atom stereocenters. The van der Waals surface area contributed by atoms with Gasteiger partial charge in [-0.15, -0.1) is 0 Å². The van der Waals surface area contributed by atoms with E-state index in [0.29, 0.717) is 11.3 Å². The molecule has 1 aliphatic carbocycles. The van der Waals surface area contributed by atoms with Crippen molar-refractivity contribution in [3.63, 3.8) is 0 Å². The number of benzene rings is 1. The molecule has 0 aromatic heterocycles. The van der Waals surface area contributed by atoms with Crippen molar-refractivity contribution in [1.29, 1.82) is 0 Å². The van der Waals surface area contributed by atoms with Crippen LogP contribution in [0.15, 0.2) is 24.3 Å². The van der Waals surface area contributed by atoms with E-state index < -0.39 is 8.07 Å². The fourth-order valence-electron chi connectivity index (χ4n) is 2.23. The summed E-state index contributed by atoms with van der Waals surface area (Å²) in [5.74, 6) is 0.341. The minimum absolute atomic E-state index is 0.341. The second kappa shape index (κ2) is 3.06. The predicted molar refractivity (Wildman–Crippen MR) is 61.5 cm³/mol. The van der Waals surface area contributed by atoms with E-state index >= 15 is 0 Å². The molecular formula is C12H16OSi. The highest BCUT2D eigenvalue weighted by Gasteiger charge is 2.37. The van der Waals surface area contributed by atoms with Crippen molar-refractivity contribution in [3.8, 4) is 0 Å². The average molecular weight is 204 g/mol. The molecule has 0 bridgehead atoms. The molecule has 74 valence electrons. The number of Topliss-reactive ketones (excluding diaryl/α,β-unsaturated/α-hetero) is 1. The lowest BCUT2D eigenvalue weighted by Gasteiger charge is -2.24. The molecule has 0 radical (unpaired) electrons. The summed E-state index contributed by atoms with van der Waals surface area (Å²) >= 11 is 0. The van der Waals surface area contributed by atoms with Crippen LogP contribution in [0.25, 0.3) is 0 Å². The van der Waals surface area contributed by atoms with Gasteiger partial charge in [0.05, 0.1) is 8.07 Å². The van der Waals surface area contributed by atoms with E-state index in [1.54, 1.807) is 0 Å². The summed E-state index contributed by atoms with van der Waals surface area (Å²) in [5.41, 5.74) is 2.81. The van der Waals surface area contributed by atoms with Crippen LogP contribution in [-0.4, -0.2) is 13.9 Å². The number of carbonyl (C=O) groups is 1. The van der Waals surface area contributed by atoms with Crippen molar-refractivity contribution in [1.82, 2.24) is 0 Å². The normalized spacial score (nSPS) is 21.1. The zero-order valence-electron chi connectivity index (χ0n) is 9.00. The Labute approximate surface area is 86.2 Å². The smallest absolute Gasteiger partial charge is 0.163 e. The van der Waals surface area contributed by atoms with Crippen molar-refractivity contribution < 1.29 is 4.79 Å². The predicted octanol–water partition coefficient (Wildman–Crippen LogP) is 3.23. The Morgan fingerprint density at radius 1 is 1.21 bits per heavy atom. The summed E-state index contributed by atoms with van der Waals surface area (Å²) in [6, 6.07) is 8.11. The van der Waals surface area contributed by atoms with Crippen molar-refractivity contribution in [2.24, 2.45) is 0 Å². The summed E-state index contributed by atoms with van der Waals surface area (Å²) in [6.45, 7) is 7.02. The zero-order valence-corrected chi connectivity index (χ0v) is 10.0. The molecule has 0 saturated heterocycles. The topological polar surface area (TPSA) is 17.1 Å². The van der Waals surface area contributed by atoms with Gasteiger partial charge in [0.2, 0.25) is 0 Å². The summed E-state index contributed by atoms with van der Waals surface area (Å²) in [7, 11) is -1.24. The molecule has 0 amide bonds.